The summed E-state index contributed by atoms with van der Waals surface area (Å²) in [6.07, 6.45) is 0.0455. The number of ether oxygens (including phenoxy) is 1. The van der Waals surface area contributed by atoms with Crippen LogP contribution in [-0.4, -0.2) is 30.9 Å². The first-order valence-electron chi connectivity index (χ1n) is 8.93. The average molecular weight is 401 g/mol. The highest BCUT2D eigenvalue weighted by atomic mass is 35.5. The number of hydrogen-bond acceptors (Lipinski definition) is 4. The number of hydrogen-bond donors (Lipinski definition) is 1. The zero-order valence-electron chi connectivity index (χ0n) is 15.7. The maximum Gasteiger partial charge on any atom is 0.311 e. The van der Waals surface area contributed by atoms with Gasteiger partial charge in [0.15, 0.2) is 6.61 Å². The van der Waals surface area contributed by atoms with Crippen molar-refractivity contribution in [3.8, 4) is 0 Å². The van der Waals surface area contributed by atoms with Crippen molar-refractivity contribution in [2.75, 3.05) is 23.4 Å². The van der Waals surface area contributed by atoms with Crippen LogP contribution in [0, 0.1) is 19.8 Å². The molecule has 0 radical (unpaired) electrons. The summed E-state index contributed by atoms with van der Waals surface area (Å²) in [5.74, 6) is -1.78. The number of anilines is 2. The van der Waals surface area contributed by atoms with Crippen LogP contribution in [0.1, 0.15) is 17.5 Å². The lowest BCUT2D eigenvalue weighted by molar-refractivity contribution is -0.151. The number of carbonyl (C=O) groups is 3. The molecule has 1 fully saturated rings. The van der Waals surface area contributed by atoms with Crippen LogP contribution in [0.25, 0.3) is 0 Å². The highest BCUT2D eigenvalue weighted by Gasteiger charge is 2.36. The van der Waals surface area contributed by atoms with Crippen molar-refractivity contribution in [2.45, 2.75) is 20.3 Å². The summed E-state index contributed by atoms with van der Waals surface area (Å²) in [5, 5.41) is 3.22. The molecule has 2 amide bonds. The van der Waals surface area contributed by atoms with E-state index in [9.17, 15) is 14.4 Å². The smallest absolute Gasteiger partial charge is 0.311 e. The van der Waals surface area contributed by atoms with Gasteiger partial charge in [0.2, 0.25) is 5.91 Å². The van der Waals surface area contributed by atoms with Gasteiger partial charge in [-0.2, -0.15) is 0 Å². The monoisotopic (exact) mass is 400 g/mol. The summed E-state index contributed by atoms with van der Waals surface area (Å²) in [7, 11) is 0. The number of benzene rings is 2. The number of rotatable bonds is 5. The summed E-state index contributed by atoms with van der Waals surface area (Å²) in [4.78, 5) is 38.0. The van der Waals surface area contributed by atoms with Crippen LogP contribution in [0.5, 0.6) is 0 Å². The van der Waals surface area contributed by atoms with Gasteiger partial charge in [-0.25, -0.2) is 0 Å². The minimum absolute atomic E-state index is 0.0455. The van der Waals surface area contributed by atoms with Crippen LogP contribution >= 0.6 is 11.6 Å². The van der Waals surface area contributed by atoms with Crippen molar-refractivity contribution in [3.63, 3.8) is 0 Å². The molecule has 0 aliphatic carbocycles. The molecule has 0 bridgehead atoms. The standard InChI is InChI=1S/C21H21ClN2O4/c1-13-3-6-16(7-4-13)23-19(25)12-28-21(27)15-9-20(26)24(11-15)17-8-5-14(2)18(22)10-17/h3-8,10,15H,9,11-12H2,1-2H3,(H,23,25)/t15-/m1/s1. The molecule has 1 aliphatic heterocycles. The largest absolute Gasteiger partial charge is 0.455 e. The Hall–Kier alpha value is -2.86. The van der Waals surface area contributed by atoms with E-state index in [1.165, 1.54) is 4.90 Å². The average Bonchev–Trinajstić information content (AvgIpc) is 3.06. The van der Waals surface area contributed by atoms with Crippen LogP contribution in [0.2, 0.25) is 5.02 Å². The van der Waals surface area contributed by atoms with Gasteiger partial charge in [0.25, 0.3) is 5.91 Å². The first-order valence-corrected chi connectivity index (χ1v) is 9.31. The lowest BCUT2D eigenvalue weighted by Crippen LogP contribution is -2.28. The van der Waals surface area contributed by atoms with Gasteiger partial charge in [0.1, 0.15) is 0 Å². The number of halogens is 1. The second-order valence-corrected chi connectivity index (χ2v) is 7.27. The van der Waals surface area contributed by atoms with Crippen LogP contribution < -0.4 is 10.2 Å². The van der Waals surface area contributed by atoms with Gasteiger partial charge in [-0.3, -0.25) is 14.4 Å². The van der Waals surface area contributed by atoms with E-state index in [4.69, 9.17) is 16.3 Å². The molecule has 0 saturated carbocycles. The third kappa shape index (κ3) is 4.70. The van der Waals surface area contributed by atoms with Crippen LogP contribution in [0.4, 0.5) is 11.4 Å². The molecule has 0 spiro atoms. The van der Waals surface area contributed by atoms with E-state index in [0.717, 1.165) is 11.1 Å². The minimum Gasteiger partial charge on any atom is -0.455 e. The predicted octanol–water partition coefficient (Wildman–Crippen LogP) is 3.49. The lowest BCUT2D eigenvalue weighted by Gasteiger charge is -2.17. The van der Waals surface area contributed by atoms with E-state index in [1.807, 2.05) is 32.0 Å². The highest BCUT2D eigenvalue weighted by Crippen LogP contribution is 2.29. The fraction of sp³-hybridized carbons (Fsp3) is 0.286. The topological polar surface area (TPSA) is 75.7 Å². The Kier molecular flexibility index (Phi) is 5.99. The molecule has 1 heterocycles. The Morgan fingerprint density at radius 3 is 2.57 bits per heavy atom. The highest BCUT2D eigenvalue weighted by molar-refractivity contribution is 6.31. The third-order valence-corrected chi connectivity index (χ3v) is 5.01. The molecular formula is C21H21ClN2O4. The van der Waals surface area contributed by atoms with E-state index >= 15 is 0 Å². The first kappa shape index (κ1) is 19.9. The fourth-order valence-electron chi connectivity index (χ4n) is 2.95. The Balaban J connectivity index is 1.53. The SMILES string of the molecule is Cc1ccc(NC(=O)COC(=O)[C@@H]2CC(=O)N(c3ccc(C)c(Cl)c3)C2)cc1. The number of nitrogens with zero attached hydrogens (tertiary/aromatic N) is 1. The summed E-state index contributed by atoms with van der Waals surface area (Å²) in [6, 6.07) is 12.6. The molecular weight excluding hydrogens is 380 g/mol. The number of nitrogens with one attached hydrogen (secondary N) is 1. The van der Waals surface area contributed by atoms with E-state index in [2.05, 4.69) is 5.32 Å². The molecule has 6 nitrogen and oxygen atoms in total. The fourth-order valence-corrected chi connectivity index (χ4v) is 3.13. The lowest BCUT2D eigenvalue weighted by atomic mass is 10.1. The third-order valence-electron chi connectivity index (χ3n) is 4.61. The van der Waals surface area contributed by atoms with Gasteiger partial charge >= 0.3 is 5.97 Å². The molecule has 1 atom stereocenters. The Bertz CT molecular complexity index is 911. The van der Waals surface area contributed by atoms with E-state index < -0.39 is 24.4 Å². The van der Waals surface area contributed by atoms with E-state index in [1.54, 1.807) is 24.3 Å². The number of esters is 1. The maximum absolute atomic E-state index is 12.3. The first-order chi connectivity index (χ1) is 13.3. The molecule has 1 saturated heterocycles. The predicted molar refractivity (Wildman–Crippen MR) is 107 cm³/mol. The Morgan fingerprint density at radius 2 is 1.89 bits per heavy atom. The summed E-state index contributed by atoms with van der Waals surface area (Å²) in [6.45, 7) is 3.63. The quantitative estimate of drug-likeness (QED) is 0.779. The molecule has 1 aliphatic rings. The van der Waals surface area contributed by atoms with Gasteiger partial charge < -0.3 is 15.0 Å². The number of carbonyl (C=O) groups excluding carboxylic acids is 3. The van der Waals surface area contributed by atoms with Crippen molar-refractivity contribution < 1.29 is 19.1 Å². The van der Waals surface area contributed by atoms with Crippen molar-refractivity contribution >= 4 is 40.8 Å². The van der Waals surface area contributed by atoms with Crippen molar-refractivity contribution in [1.29, 1.82) is 0 Å². The summed E-state index contributed by atoms with van der Waals surface area (Å²) < 4.78 is 5.10. The van der Waals surface area contributed by atoms with Gasteiger partial charge in [-0.15, -0.1) is 0 Å². The van der Waals surface area contributed by atoms with Crippen molar-refractivity contribution in [2.24, 2.45) is 5.92 Å². The van der Waals surface area contributed by atoms with Crippen molar-refractivity contribution in [3.05, 3.63) is 58.6 Å². The van der Waals surface area contributed by atoms with Crippen LogP contribution in [-0.2, 0) is 19.1 Å². The van der Waals surface area contributed by atoms with Gasteiger partial charge in [0, 0.05) is 29.4 Å². The molecule has 2 aromatic rings. The van der Waals surface area contributed by atoms with E-state index in [-0.39, 0.29) is 18.9 Å². The summed E-state index contributed by atoms with van der Waals surface area (Å²) in [5.41, 5.74) is 3.26. The zero-order valence-corrected chi connectivity index (χ0v) is 16.5. The number of aryl methyl sites for hydroxylation is 2. The second kappa shape index (κ2) is 8.44. The van der Waals surface area contributed by atoms with Gasteiger partial charge in [-0.05, 0) is 43.7 Å². The minimum atomic E-state index is -0.611. The molecule has 146 valence electrons. The van der Waals surface area contributed by atoms with Crippen LogP contribution in [0.15, 0.2) is 42.5 Å². The molecule has 1 N–H and O–H groups in total. The molecule has 3 rings (SSSR count). The molecule has 28 heavy (non-hydrogen) atoms. The Morgan fingerprint density at radius 1 is 1.18 bits per heavy atom. The second-order valence-electron chi connectivity index (χ2n) is 6.86. The molecule has 0 aromatic heterocycles. The summed E-state index contributed by atoms with van der Waals surface area (Å²) >= 11 is 6.12. The van der Waals surface area contributed by atoms with Gasteiger partial charge in [0.05, 0.1) is 5.92 Å². The van der Waals surface area contributed by atoms with Crippen molar-refractivity contribution in [1.82, 2.24) is 0 Å². The van der Waals surface area contributed by atoms with Gasteiger partial charge in [-0.1, -0.05) is 35.4 Å². The Labute approximate surface area is 168 Å². The number of amides is 2. The molecule has 2 aromatic carbocycles. The molecule has 0 unspecified atom stereocenters. The maximum atomic E-state index is 12.3. The zero-order chi connectivity index (χ0) is 20.3. The van der Waals surface area contributed by atoms with Crippen LogP contribution in [0.3, 0.4) is 0 Å². The normalized spacial score (nSPS) is 16.2. The van der Waals surface area contributed by atoms with E-state index in [0.29, 0.717) is 16.4 Å². The molecule has 7 heteroatoms.